The summed E-state index contributed by atoms with van der Waals surface area (Å²) in [6.07, 6.45) is 5.67. The maximum absolute atomic E-state index is 13.6. The van der Waals surface area contributed by atoms with Crippen LogP contribution in [0.2, 0.25) is 5.15 Å². The fourth-order valence-corrected chi connectivity index (χ4v) is 4.37. The molecule has 3 aromatic rings. The van der Waals surface area contributed by atoms with Crippen molar-refractivity contribution < 1.29 is 9.18 Å². The van der Waals surface area contributed by atoms with Gasteiger partial charge in [-0.3, -0.25) is 9.20 Å². The zero-order chi connectivity index (χ0) is 18.1. The van der Waals surface area contributed by atoms with E-state index in [4.69, 9.17) is 11.6 Å². The minimum Gasteiger partial charge on any atom is -0.346 e. The normalized spacial score (nSPS) is 16.8. The molecule has 0 radical (unpaired) electrons. The van der Waals surface area contributed by atoms with E-state index in [0.717, 1.165) is 22.6 Å². The lowest BCUT2D eigenvalue weighted by molar-refractivity contribution is -0.117. The lowest BCUT2D eigenvalue weighted by Gasteiger charge is -2.25. The first-order valence-electron chi connectivity index (χ1n) is 8.15. The second-order valence-corrected chi connectivity index (χ2v) is 7.43. The highest BCUT2D eigenvalue weighted by Gasteiger charge is 2.22. The Hall–Kier alpha value is -2.31. The van der Waals surface area contributed by atoms with Gasteiger partial charge >= 0.3 is 0 Å². The number of pyridine rings is 1. The average molecular weight is 388 g/mol. The number of nitrogens with one attached hydrogen (secondary N) is 1. The third kappa shape index (κ3) is 3.34. The highest BCUT2D eigenvalue weighted by atomic mass is 35.5. The number of carbonyl (C=O) groups is 1. The van der Waals surface area contributed by atoms with Crippen LogP contribution in [0.4, 0.5) is 4.39 Å². The van der Waals surface area contributed by atoms with Gasteiger partial charge < -0.3 is 5.32 Å². The minimum absolute atomic E-state index is 0.197. The zero-order valence-corrected chi connectivity index (χ0v) is 15.2. The largest absolute Gasteiger partial charge is 0.346 e. The van der Waals surface area contributed by atoms with Gasteiger partial charge in [-0.15, -0.1) is 11.8 Å². The van der Waals surface area contributed by atoms with Gasteiger partial charge in [-0.1, -0.05) is 17.7 Å². The number of hydrogen-bond donors (Lipinski definition) is 1. The average Bonchev–Trinajstić information content (AvgIpc) is 2.95. The quantitative estimate of drug-likeness (QED) is 0.673. The maximum Gasteiger partial charge on any atom is 0.244 e. The molecule has 0 aliphatic carbocycles. The molecule has 2 aromatic heterocycles. The van der Waals surface area contributed by atoms with Crippen molar-refractivity contribution in [2.75, 3.05) is 5.75 Å². The standard InChI is InChI=1S/C19H15ClFN3OS/c20-19-15(24-9-2-1-3-17(24)23-19)5-7-18(25)22-14-8-10-26-16-6-4-12(21)11-13(14)16/h1-7,9,11,14H,8,10H2,(H,22,25)/b7-5+. The molecule has 1 N–H and O–H groups in total. The Bertz CT molecular complexity index is 1020. The first-order valence-corrected chi connectivity index (χ1v) is 9.51. The number of halogens is 2. The Morgan fingerprint density at radius 3 is 3.15 bits per heavy atom. The minimum atomic E-state index is -0.293. The van der Waals surface area contributed by atoms with Crippen molar-refractivity contribution in [2.45, 2.75) is 17.4 Å². The Morgan fingerprint density at radius 2 is 2.27 bits per heavy atom. The van der Waals surface area contributed by atoms with Crippen LogP contribution in [0.1, 0.15) is 23.7 Å². The van der Waals surface area contributed by atoms with Gasteiger partial charge in [0.05, 0.1) is 11.7 Å². The van der Waals surface area contributed by atoms with Gasteiger partial charge in [-0.25, -0.2) is 9.37 Å². The Morgan fingerprint density at radius 1 is 1.38 bits per heavy atom. The molecule has 0 saturated heterocycles. The molecule has 1 aromatic carbocycles. The molecule has 1 aliphatic heterocycles. The van der Waals surface area contributed by atoms with Gasteiger partial charge in [-0.05, 0) is 48.4 Å². The van der Waals surface area contributed by atoms with Crippen LogP contribution < -0.4 is 5.32 Å². The lowest BCUT2D eigenvalue weighted by Crippen LogP contribution is -2.29. The molecule has 4 rings (SSSR count). The summed E-state index contributed by atoms with van der Waals surface area (Å²) in [6, 6.07) is 10.1. The molecule has 26 heavy (non-hydrogen) atoms. The van der Waals surface area contributed by atoms with Crippen LogP contribution in [0.15, 0.2) is 53.6 Å². The molecule has 132 valence electrons. The number of benzene rings is 1. The van der Waals surface area contributed by atoms with Crippen LogP contribution in [-0.2, 0) is 4.79 Å². The third-order valence-corrected chi connectivity index (χ3v) is 5.64. The molecule has 0 saturated carbocycles. The first kappa shape index (κ1) is 17.1. The van der Waals surface area contributed by atoms with Crippen molar-refractivity contribution in [3.8, 4) is 0 Å². The summed E-state index contributed by atoms with van der Waals surface area (Å²) < 4.78 is 15.4. The van der Waals surface area contributed by atoms with Crippen molar-refractivity contribution >= 4 is 41.0 Å². The highest BCUT2D eigenvalue weighted by Crippen LogP contribution is 2.36. The number of amides is 1. The number of rotatable bonds is 3. The number of imidazole rings is 1. The van der Waals surface area contributed by atoms with E-state index in [1.54, 1.807) is 23.9 Å². The van der Waals surface area contributed by atoms with Crippen LogP contribution in [0.25, 0.3) is 11.7 Å². The highest BCUT2D eigenvalue weighted by molar-refractivity contribution is 7.99. The van der Waals surface area contributed by atoms with E-state index in [9.17, 15) is 9.18 Å². The van der Waals surface area contributed by atoms with Gasteiger partial charge in [0.25, 0.3) is 0 Å². The number of thioether (sulfide) groups is 1. The summed E-state index contributed by atoms with van der Waals surface area (Å²) in [4.78, 5) is 17.6. The zero-order valence-electron chi connectivity index (χ0n) is 13.7. The van der Waals surface area contributed by atoms with E-state index in [2.05, 4.69) is 10.3 Å². The molecule has 1 unspecified atom stereocenters. The second-order valence-electron chi connectivity index (χ2n) is 5.93. The Labute approximate surface area is 159 Å². The van der Waals surface area contributed by atoms with E-state index in [0.29, 0.717) is 16.5 Å². The number of carbonyl (C=O) groups excluding carboxylic acids is 1. The van der Waals surface area contributed by atoms with Crippen LogP contribution in [0, 0.1) is 5.82 Å². The van der Waals surface area contributed by atoms with Gasteiger partial charge in [0.2, 0.25) is 5.91 Å². The molecule has 4 nitrogen and oxygen atoms in total. The second kappa shape index (κ2) is 7.13. The third-order valence-electron chi connectivity index (χ3n) is 4.24. The van der Waals surface area contributed by atoms with Crippen LogP contribution in [0.5, 0.6) is 0 Å². The Balaban J connectivity index is 1.54. The molecule has 1 amide bonds. The Kier molecular flexibility index (Phi) is 4.70. The summed E-state index contributed by atoms with van der Waals surface area (Å²) in [5.41, 5.74) is 2.19. The van der Waals surface area contributed by atoms with E-state index in [-0.39, 0.29) is 17.8 Å². The van der Waals surface area contributed by atoms with Crippen molar-refractivity contribution in [2.24, 2.45) is 0 Å². The smallest absolute Gasteiger partial charge is 0.244 e. The van der Waals surface area contributed by atoms with Crippen LogP contribution in [-0.4, -0.2) is 21.0 Å². The van der Waals surface area contributed by atoms with Gasteiger partial charge in [0.1, 0.15) is 11.5 Å². The van der Waals surface area contributed by atoms with E-state index in [1.807, 2.05) is 28.8 Å². The molecular weight excluding hydrogens is 373 g/mol. The van der Waals surface area contributed by atoms with Gasteiger partial charge in [-0.2, -0.15) is 0 Å². The van der Waals surface area contributed by atoms with Crippen molar-refractivity contribution in [1.82, 2.24) is 14.7 Å². The lowest BCUT2D eigenvalue weighted by atomic mass is 10.0. The van der Waals surface area contributed by atoms with Crippen LogP contribution >= 0.6 is 23.4 Å². The number of aromatic nitrogens is 2. The maximum atomic E-state index is 13.6. The van der Waals surface area contributed by atoms with E-state index in [1.165, 1.54) is 18.2 Å². The molecule has 3 heterocycles. The molecule has 0 bridgehead atoms. The summed E-state index contributed by atoms with van der Waals surface area (Å²) in [6.45, 7) is 0. The predicted molar refractivity (Wildman–Crippen MR) is 102 cm³/mol. The van der Waals surface area contributed by atoms with Crippen LogP contribution in [0.3, 0.4) is 0 Å². The van der Waals surface area contributed by atoms with Crippen molar-refractivity contribution in [3.05, 3.63) is 70.9 Å². The van der Waals surface area contributed by atoms with Gasteiger partial charge in [0.15, 0.2) is 5.15 Å². The number of hydrogen-bond acceptors (Lipinski definition) is 3. The first-order chi connectivity index (χ1) is 12.6. The topological polar surface area (TPSA) is 46.4 Å². The van der Waals surface area contributed by atoms with Gasteiger partial charge in [0, 0.05) is 22.9 Å². The molecule has 7 heteroatoms. The SMILES string of the molecule is O=C(/C=C/c1c(Cl)nc2ccccn12)NC1CCSc2ccc(F)cc21. The summed E-state index contributed by atoms with van der Waals surface area (Å²) in [5, 5.41) is 3.29. The number of fused-ring (bicyclic) bond motifs is 2. The van der Waals surface area contributed by atoms with Crippen molar-refractivity contribution in [3.63, 3.8) is 0 Å². The number of nitrogens with zero attached hydrogens (tertiary/aromatic N) is 2. The molecule has 0 spiro atoms. The fourth-order valence-electron chi connectivity index (χ4n) is 3.02. The summed E-state index contributed by atoms with van der Waals surface area (Å²) in [5.74, 6) is 0.337. The predicted octanol–water partition coefficient (Wildman–Crippen LogP) is 4.49. The monoisotopic (exact) mass is 387 g/mol. The molecule has 0 fully saturated rings. The molecule has 1 aliphatic rings. The van der Waals surface area contributed by atoms with E-state index < -0.39 is 0 Å². The molecule has 1 atom stereocenters. The van der Waals surface area contributed by atoms with Crippen molar-refractivity contribution in [1.29, 1.82) is 0 Å². The summed E-state index contributed by atoms with van der Waals surface area (Å²) in [7, 11) is 0. The summed E-state index contributed by atoms with van der Waals surface area (Å²) >= 11 is 7.85. The molecular formula is C19H15ClFN3OS. The fraction of sp³-hybridized carbons (Fsp3) is 0.158. The van der Waals surface area contributed by atoms with E-state index >= 15 is 0 Å².